The predicted octanol–water partition coefficient (Wildman–Crippen LogP) is 1.38. The Morgan fingerprint density at radius 1 is 1.52 bits per heavy atom. The van der Waals surface area contributed by atoms with Crippen LogP contribution >= 0.6 is 11.3 Å². The van der Waals surface area contributed by atoms with E-state index in [0.717, 1.165) is 43.8 Å². The first kappa shape index (κ1) is 16.4. The largest absolute Gasteiger partial charge is 0.384 e. The van der Waals surface area contributed by atoms with Gasteiger partial charge in [-0.1, -0.05) is 6.92 Å². The first-order valence-corrected chi connectivity index (χ1v) is 8.43. The highest BCUT2D eigenvalue weighted by atomic mass is 32.1. The molecular formula is C15H25N3O2S. The van der Waals surface area contributed by atoms with Gasteiger partial charge in [-0.25, -0.2) is 4.98 Å². The van der Waals surface area contributed by atoms with Crippen molar-refractivity contribution in [1.82, 2.24) is 15.6 Å². The summed E-state index contributed by atoms with van der Waals surface area (Å²) in [5, 5.41) is 7.47. The molecule has 1 aliphatic heterocycles. The Balaban J connectivity index is 1.84. The molecule has 0 radical (unpaired) electrons. The van der Waals surface area contributed by atoms with Gasteiger partial charge < -0.3 is 15.4 Å². The van der Waals surface area contributed by atoms with Crippen molar-refractivity contribution in [3.8, 4) is 0 Å². The van der Waals surface area contributed by atoms with E-state index in [0.29, 0.717) is 13.2 Å². The van der Waals surface area contributed by atoms with E-state index in [-0.39, 0.29) is 11.3 Å². The van der Waals surface area contributed by atoms with Crippen LogP contribution in [0, 0.1) is 5.41 Å². The number of piperidine rings is 1. The highest BCUT2D eigenvalue weighted by Gasteiger charge is 2.39. The van der Waals surface area contributed by atoms with E-state index in [4.69, 9.17) is 4.74 Å². The maximum atomic E-state index is 12.5. The van der Waals surface area contributed by atoms with Gasteiger partial charge in [-0.3, -0.25) is 4.79 Å². The number of aromatic nitrogens is 1. The molecule has 118 valence electrons. The standard InChI is InChI=1S/C15H25N3O2S/c1-3-12-10-18-13(21-12)4-7-17-14(19)15(11-20-2)5-8-16-9-6-15/h10,16H,3-9,11H2,1-2H3,(H,17,19). The Morgan fingerprint density at radius 3 is 2.90 bits per heavy atom. The van der Waals surface area contributed by atoms with Gasteiger partial charge in [0.05, 0.1) is 17.0 Å². The second-order valence-corrected chi connectivity index (χ2v) is 6.74. The molecule has 5 nitrogen and oxygen atoms in total. The number of ether oxygens (including phenoxy) is 1. The number of nitrogens with zero attached hydrogens (tertiary/aromatic N) is 1. The van der Waals surface area contributed by atoms with Crippen molar-refractivity contribution >= 4 is 17.2 Å². The molecule has 0 atom stereocenters. The van der Waals surface area contributed by atoms with Crippen LogP contribution in [0.25, 0.3) is 0 Å². The van der Waals surface area contributed by atoms with Crippen molar-refractivity contribution in [2.24, 2.45) is 5.41 Å². The summed E-state index contributed by atoms with van der Waals surface area (Å²) in [6, 6.07) is 0. The lowest BCUT2D eigenvalue weighted by Crippen LogP contribution is -2.50. The average Bonchev–Trinajstić information content (AvgIpc) is 2.96. The number of amides is 1. The third kappa shape index (κ3) is 4.25. The van der Waals surface area contributed by atoms with Crippen LogP contribution in [-0.4, -0.2) is 44.2 Å². The first-order valence-electron chi connectivity index (χ1n) is 7.62. The smallest absolute Gasteiger partial charge is 0.228 e. The molecule has 2 rings (SSSR count). The molecule has 0 bridgehead atoms. The van der Waals surface area contributed by atoms with Gasteiger partial charge in [0.25, 0.3) is 0 Å². The van der Waals surface area contributed by atoms with Crippen molar-refractivity contribution in [3.05, 3.63) is 16.1 Å². The van der Waals surface area contributed by atoms with Crippen LogP contribution in [0.1, 0.15) is 29.7 Å². The minimum Gasteiger partial charge on any atom is -0.384 e. The fourth-order valence-corrected chi connectivity index (χ4v) is 3.58. The summed E-state index contributed by atoms with van der Waals surface area (Å²) in [5.41, 5.74) is -0.364. The maximum absolute atomic E-state index is 12.5. The number of hydrogen-bond donors (Lipinski definition) is 2. The van der Waals surface area contributed by atoms with Gasteiger partial charge in [-0.05, 0) is 32.4 Å². The number of carbonyl (C=O) groups is 1. The lowest BCUT2D eigenvalue weighted by Gasteiger charge is -2.35. The Labute approximate surface area is 130 Å². The lowest BCUT2D eigenvalue weighted by atomic mass is 9.78. The number of hydrogen-bond acceptors (Lipinski definition) is 5. The third-order valence-corrected chi connectivity index (χ3v) is 5.24. The summed E-state index contributed by atoms with van der Waals surface area (Å²) in [6.45, 7) is 5.03. The first-order chi connectivity index (χ1) is 10.2. The molecule has 1 fully saturated rings. The molecule has 0 saturated carbocycles. The zero-order chi connectivity index (χ0) is 15.1. The van der Waals surface area contributed by atoms with Crippen molar-refractivity contribution in [3.63, 3.8) is 0 Å². The SMILES string of the molecule is CCc1cnc(CCNC(=O)C2(COC)CCNCC2)s1. The van der Waals surface area contributed by atoms with Gasteiger partial charge in [0.1, 0.15) is 0 Å². The summed E-state index contributed by atoms with van der Waals surface area (Å²) >= 11 is 1.73. The molecule has 1 aromatic rings. The number of thiazole rings is 1. The molecule has 0 unspecified atom stereocenters. The Morgan fingerprint density at radius 2 is 2.29 bits per heavy atom. The van der Waals surface area contributed by atoms with E-state index in [1.54, 1.807) is 18.4 Å². The highest BCUT2D eigenvalue weighted by molar-refractivity contribution is 7.11. The van der Waals surface area contributed by atoms with E-state index in [2.05, 4.69) is 22.5 Å². The summed E-state index contributed by atoms with van der Waals surface area (Å²) in [4.78, 5) is 18.2. The number of nitrogens with one attached hydrogen (secondary N) is 2. The summed E-state index contributed by atoms with van der Waals surface area (Å²) in [6.07, 6.45) is 5.43. The van der Waals surface area contributed by atoms with E-state index in [1.807, 2.05) is 6.20 Å². The fraction of sp³-hybridized carbons (Fsp3) is 0.733. The zero-order valence-corrected chi connectivity index (χ0v) is 13.7. The van der Waals surface area contributed by atoms with Gasteiger partial charge >= 0.3 is 0 Å². The van der Waals surface area contributed by atoms with Crippen LogP contribution in [0.15, 0.2) is 6.20 Å². The molecule has 0 spiro atoms. The second-order valence-electron chi connectivity index (χ2n) is 5.54. The van der Waals surface area contributed by atoms with Crippen LogP contribution in [0.3, 0.4) is 0 Å². The highest BCUT2D eigenvalue weighted by Crippen LogP contribution is 2.29. The molecule has 1 aromatic heterocycles. The lowest BCUT2D eigenvalue weighted by molar-refractivity contribution is -0.136. The summed E-state index contributed by atoms with van der Waals surface area (Å²) in [5.74, 6) is 0.123. The Kier molecular flexibility index (Phi) is 6.14. The fourth-order valence-electron chi connectivity index (χ4n) is 2.72. The summed E-state index contributed by atoms with van der Waals surface area (Å²) < 4.78 is 5.29. The topological polar surface area (TPSA) is 63.2 Å². The van der Waals surface area contributed by atoms with Crippen LogP contribution < -0.4 is 10.6 Å². The molecule has 2 N–H and O–H groups in total. The number of carbonyl (C=O) groups excluding carboxylic acids is 1. The number of aryl methyl sites for hydroxylation is 1. The predicted molar refractivity (Wildman–Crippen MR) is 84.6 cm³/mol. The van der Waals surface area contributed by atoms with Crippen LogP contribution in [0.2, 0.25) is 0 Å². The van der Waals surface area contributed by atoms with E-state index in [9.17, 15) is 4.79 Å². The molecule has 1 amide bonds. The Bertz CT molecular complexity index is 450. The third-order valence-electron chi connectivity index (χ3n) is 4.04. The molecule has 21 heavy (non-hydrogen) atoms. The van der Waals surface area contributed by atoms with Gasteiger partial charge in [0, 0.05) is 31.1 Å². The van der Waals surface area contributed by atoms with E-state index in [1.165, 1.54) is 4.88 Å². The Hall–Kier alpha value is -0.980. The molecule has 1 aliphatic rings. The van der Waals surface area contributed by atoms with Crippen LogP contribution in [0.5, 0.6) is 0 Å². The average molecular weight is 311 g/mol. The van der Waals surface area contributed by atoms with Crippen LogP contribution in [0.4, 0.5) is 0 Å². The van der Waals surface area contributed by atoms with E-state index >= 15 is 0 Å². The molecule has 1 saturated heterocycles. The normalized spacial score (nSPS) is 17.6. The molecule has 0 aromatic carbocycles. The van der Waals surface area contributed by atoms with E-state index < -0.39 is 0 Å². The minimum atomic E-state index is -0.364. The zero-order valence-electron chi connectivity index (χ0n) is 12.9. The number of methoxy groups -OCH3 is 1. The maximum Gasteiger partial charge on any atom is 0.228 e. The molecule has 2 heterocycles. The molecule has 0 aliphatic carbocycles. The monoisotopic (exact) mass is 311 g/mol. The van der Waals surface area contributed by atoms with Crippen molar-refractivity contribution in [2.45, 2.75) is 32.6 Å². The van der Waals surface area contributed by atoms with Crippen molar-refractivity contribution in [2.75, 3.05) is 33.4 Å². The van der Waals surface area contributed by atoms with Crippen LogP contribution in [-0.2, 0) is 22.4 Å². The summed E-state index contributed by atoms with van der Waals surface area (Å²) in [7, 11) is 1.67. The minimum absolute atomic E-state index is 0.123. The quantitative estimate of drug-likeness (QED) is 0.798. The van der Waals surface area contributed by atoms with Gasteiger partial charge in [0.15, 0.2) is 0 Å². The van der Waals surface area contributed by atoms with Gasteiger partial charge in [-0.2, -0.15) is 0 Å². The van der Waals surface area contributed by atoms with Crippen molar-refractivity contribution < 1.29 is 9.53 Å². The number of rotatable bonds is 7. The van der Waals surface area contributed by atoms with Crippen molar-refractivity contribution in [1.29, 1.82) is 0 Å². The van der Waals surface area contributed by atoms with Gasteiger partial charge in [-0.15, -0.1) is 11.3 Å². The molecular weight excluding hydrogens is 286 g/mol. The second kappa shape index (κ2) is 7.87. The van der Waals surface area contributed by atoms with Gasteiger partial charge in [0.2, 0.25) is 5.91 Å². The molecule has 6 heteroatoms.